The molecule has 8 heteroatoms. The van der Waals surface area contributed by atoms with Crippen molar-refractivity contribution in [3.8, 4) is 11.3 Å². The Morgan fingerprint density at radius 1 is 1.30 bits per heavy atom. The largest absolute Gasteiger partial charge is 0.297 e. The third kappa shape index (κ3) is 2.15. The highest BCUT2D eigenvalue weighted by Gasteiger charge is 2.19. The molecule has 0 atom stereocenters. The van der Waals surface area contributed by atoms with Crippen molar-refractivity contribution in [3.63, 3.8) is 0 Å². The number of rotatable bonds is 2. The molecule has 3 rings (SSSR count). The molecule has 0 bridgehead atoms. The van der Waals surface area contributed by atoms with Crippen molar-refractivity contribution < 1.29 is 4.92 Å². The molecule has 0 unspecified atom stereocenters. The zero-order valence-electron chi connectivity index (χ0n) is 10.1. The van der Waals surface area contributed by atoms with Gasteiger partial charge in [-0.25, -0.2) is 4.98 Å². The van der Waals surface area contributed by atoms with Crippen LogP contribution in [0.2, 0.25) is 10.0 Å². The molecular weight excluding hydrogens is 321 g/mol. The number of nitro benzene ring substituents is 1. The van der Waals surface area contributed by atoms with Crippen molar-refractivity contribution in [2.24, 2.45) is 0 Å². The van der Waals surface area contributed by atoms with Crippen molar-refractivity contribution in [1.82, 2.24) is 9.38 Å². The highest BCUT2D eigenvalue weighted by atomic mass is 35.5. The van der Waals surface area contributed by atoms with Gasteiger partial charge in [-0.15, -0.1) is 11.3 Å². The average Bonchev–Trinajstić information content (AvgIpc) is 2.85. The standard InChI is InChI=1S/C12H7Cl2N3O2S/c1-6-4-16-5-10(15-12(16)20-6)7-2-11(17(18)19)9(14)3-8(7)13/h2-5H,1H3. The number of nitrogens with zero attached hydrogens (tertiary/aromatic N) is 3. The van der Waals surface area contributed by atoms with E-state index in [1.54, 1.807) is 6.20 Å². The summed E-state index contributed by atoms with van der Waals surface area (Å²) in [6.07, 6.45) is 3.73. The second-order valence-corrected chi connectivity index (χ2v) is 6.23. The molecule has 102 valence electrons. The maximum absolute atomic E-state index is 10.9. The number of halogens is 2. The fraction of sp³-hybridized carbons (Fsp3) is 0.0833. The lowest BCUT2D eigenvalue weighted by Gasteiger charge is -2.02. The maximum Gasteiger partial charge on any atom is 0.288 e. The first kappa shape index (κ1) is 13.4. The summed E-state index contributed by atoms with van der Waals surface area (Å²) in [5.41, 5.74) is 0.899. The third-order valence-corrected chi connectivity index (χ3v) is 4.31. The van der Waals surface area contributed by atoms with Gasteiger partial charge in [0.2, 0.25) is 0 Å². The Kier molecular flexibility index (Phi) is 3.16. The van der Waals surface area contributed by atoms with E-state index in [1.807, 2.05) is 17.5 Å². The van der Waals surface area contributed by atoms with E-state index in [1.165, 1.54) is 23.5 Å². The van der Waals surface area contributed by atoms with Gasteiger partial charge in [-0.3, -0.25) is 14.5 Å². The lowest BCUT2D eigenvalue weighted by Crippen LogP contribution is -1.91. The van der Waals surface area contributed by atoms with E-state index in [0.717, 1.165) is 9.84 Å². The molecule has 0 N–H and O–H groups in total. The molecule has 2 heterocycles. The average molecular weight is 328 g/mol. The van der Waals surface area contributed by atoms with Gasteiger partial charge in [0, 0.05) is 28.9 Å². The smallest absolute Gasteiger partial charge is 0.288 e. The summed E-state index contributed by atoms with van der Waals surface area (Å²) in [7, 11) is 0. The molecular formula is C12H7Cl2N3O2S. The molecule has 20 heavy (non-hydrogen) atoms. The molecule has 0 fully saturated rings. The van der Waals surface area contributed by atoms with Crippen LogP contribution in [0.4, 0.5) is 5.69 Å². The molecule has 3 aromatic rings. The fourth-order valence-corrected chi connectivity index (χ4v) is 3.27. The molecule has 0 spiro atoms. The van der Waals surface area contributed by atoms with Gasteiger partial charge in [-0.2, -0.15) is 0 Å². The molecule has 0 amide bonds. The Balaban J connectivity index is 2.19. The van der Waals surface area contributed by atoms with E-state index in [2.05, 4.69) is 4.98 Å². The van der Waals surface area contributed by atoms with Crippen molar-refractivity contribution in [2.75, 3.05) is 0 Å². The molecule has 0 aliphatic rings. The normalized spacial score (nSPS) is 11.2. The predicted octanol–water partition coefficient (Wildman–Crippen LogP) is 4.59. The van der Waals surface area contributed by atoms with E-state index in [9.17, 15) is 10.1 Å². The fourth-order valence-electron chi connectivity index (χ4n) is 1.91. The molecule has 1 aromatic carbocycles. The summed E-state index contributed by atoms with van der Waals surface area (Å²) < 4.78 is 1.87. The highest BCUT2D eigenvalue weighted by Crippen LogP contribution is 2.36. The van der Waals surface area contributed by atoms with Gasteiger partial charge in [0.05, 0.1) is 15.6 Å². The molecule has 0 aliphatic heterocycles. The van der Waals surface area contributed by atoms with Crippen molar-refractivity contribution >= 4 is 45.2 Å². The quantitative estimate of drug-likeness (QED) is 0.511. The Morgan fingerprint density at radius 3 is 2.70 bits per heavy atom. The first-order chi connectivity index (χ1) is 9.45. The predicted molar refractivity (Wildman–Crippen MR) is 79.9 cm³/mol. The minimum atomic E-state index is -0.537. The summed E-state index contributed by atoms with van der Waals surface area (Å²) in [6, 6.07) is 2.72. The first-order valence-electron chi connectivity index (χ1n) is 5.54. The van der Waals surface area contributed by atoms with Gasteiger partial charge in [0.15, 0.2) is 4.96 Å². The van der Waals surface area contributed by atoms with Crippen LogP contribution in [0.5, 0.6) is 0 Å². The van der Waals surface area contributed by atoms with Gasteiger partial charge < -0.3 is 0 Å². The zero-order valence-corrected chi connectivity index (χ0v) is 12.5. The Bertz CT molecular complexity index is 809. The summed E-state index contributed by atoms with van der Waals surface area (Å²) in [5, 5.41) is 11.3. The minimum absolute atomic E-state index is 0.0145. The van der Waals surface area contributed by atoms with Crippen LogP contribution in [-0.4, -0.2) is 14.3 Å². The van der Waals surface area contributed by atoms with Gasteiger partial charge in [0.25, 0.3) is 5.69 Å². The Hall–Kier alpha value is -1.63. The van der Waals surface area contributed by atoms with Crippen LogP contribution >= 0.6 is 34.5 Å². The lowest BCUT2D eigenvalue weighted by atomic mass is 10.1. The molecule has 0 aliphatic carbocycles. The monoisotopic (exact) mass is 327 g/mol. The van der Waals surface area contributed by atoms with Crippen LogP contribution in [0.1, 0.15) is 4.88 Å². The van der Waals surface area contributed by atoms with Crippen LogP contribution in [0.25, 0.3) is 16.2 Å². The Morgan fingerprint density at radius 2 is 2.05 bits per heavy atom. The van der Waals surface area contributed by atoms with E-state index < -0.39 is 4.92 Å². The number of hydrogen-bond donors (Lipinski definition) is 0. The van der Waals surface area contributed by atoms with Crippen LogP contribution in [-0.2, 0) is 0 Å². The molecule has 0 saturated carbocycles. The van der Waals surface area contributed by atoms with E-state index in [-0.39, 0.29) is 10.7 Å². The number of aryl methyl sites for hydroxylation is 1. The van der Waals surface area contributed by atoms with Crippen LogP contribution < -0.4 is 0 Å². The third-order valence-electron chi connectivity index (χ3n) is 2.78. The van der Waals surface area contributed by atoms with E-state index in [4.69, 9.17) is 23.2 Å². The maximum atomic E-state index is 10.9. The van der Waals surface area contributed by atoms with Gasteiger partial charge in [0.1, 0.15) is 5.02 Å². The SMILES string of the molecule is Cc1cn2cc(-c3cc([N+](=O)[O-])c(Cl)cc3Cl)nc2s1. The minimum Gasteiger partial charge on any atom is -0.297 e. The summed E-state index contributed by atoms with van der Waals surface area (Å²) in [5.74, 6) is 0. The van der Waals surface area contributed by atoms with Crippen LogP contribution in [0.3, 0.4) is 0 Å². The van der Waals surface area contributed by atoms with E-state index in [0.29, 0.717) is 16.3 Å². The summed E-state index contributed by atoms with van der Waals surface area (Å²) >= 11 is 13.5. The van der Waals surface area contributed by atoms with Crippen molar-refractivity contribution in [2.45, 2.75) is 6.92 Å². The van der Waals surface area contributed by atoms with Crippen LogP contribution in [0, 0.1) is 17.0 Å². The second kappa shape index (κ2) is 4.73. The molecule has 0 radical (unpaired) electrons. The number of thiazole rings is 1. The highest BCUT2D eigenvalue weighted by molar-refractivity contribution is 7.17. The first-order valence-corrected chi connectivity index (χ1v) is 7.12. The van der Waals surface area contributed by atoms with E-state index >= 15 is 0 Å². The molecule has 5 nitrogen and oxygen atoms in total. The zero-order chi connectivity index (χ0) is 14.4. The van der Waals surface area contributed by atoms with Crippen molar-refractivity contribution in [1.29, 1.82) is 0 Å². The second-order valence-electron chi connectivity index (χ2n) is 4.20. The topological polar surface area (TPSA) is 60.4 Å². The Labute approximate surface area is 127 Å². The summed E-state index contributed by atoms with van der Waals surface area (Å²) in [6.45, 7) is 1.99. The molecule has 2 aromatic heterocycles. The number of imidazole rings is 1. The number of nitro groups is 1. The number of aromatic nitrogens is 2. The number of benzene rings is 1. The van der Waals surface area contributed by atoms with Gasteiger partial charge >= 0.3 is 0 Å². The number of fused-ring (bicyclic) bond motifs is 1. The van der Waals surface area contributed by atoms with Crippen molar-refractivity contribution in [3.05, 3.63) is 49.6 Å². The van der Waals surface area contributed by atoms with Gasteiger partial charge in [-0.05, 0) is 13.0 Å². The summed E-state index contributed by atoms with van der Waals surface area (Å²) in [4.78, 5) is 16.8. The van der Waals surface area contributed by atoms with Gasteiger partial charge in [-0.1, -0.05) is 23.2 Å². The van der Waals surface area contributed by atoms with Crippen LogP contribution in [0.15, 0.2) is 24.5 Å². The molecule has 0 saturated heterocycles. The number of hydrogen-bond acceptors (Lipinski definition) is 4. The lowest BCUT2D eigenvalue weighted by molar-refractivity contribution is -0.384.